The van der Waals surface area contributed by atoms with Crippen LogP contribution in [0.25, 0.3) is 16.5 Å². The topological polar surface area (TPSA) is 64.0 Å². The molecule has 0 radical (unpaired) electrons. The maximum atomic E-state index is 13.4. The third-order valence-corrected chi connectivity index (χ3v) is 7.19. The smallest absolute Gasteiger partial charge is 0.272 e. The number of anilines is 1. The van der Waals surface area contributed by atoms with Gasteiger partial charge in [-0.2, -0.15) is 0 Å². The molecule has 1 aliphatic rings. The molecule has 1 N–H and O–H groups in total. The molecule has 5 rings (SSSR count). The molecule has 0 saturated carbocycles. The van der Waals surface area contributed by atoms with Gasteiger partial charge in [-0.05, 0) is 35.7 Å². The van der Waals surface area contributed by atoms with Crippen molar-refractivity contribution in [2.75, 3.05) is 16.8 Å². The van der Waals surface area contributed by atoms with Gasteiger partial charge in [0.15, 0.2) is 5.16 Å². The van der Waals surface area contributed by atoms with Crippen molar-refractivity contribution in [1.29, 1.82) is 0 Å². The van der Waals surface area contributed by atoms with E-state index in [9.17, 15) is 14.0 Å². The Hall–Kier alpha value is -3.10. The Morgan fingerprint density at radius 3 is 2.72 bits per heavy atom. The van der Waals surface area contributed by atoms with E-state index in [4.69, 9.17) is 0 Å². The lowest BCUT2D eigenvalue weighted by atomic mass is 10.1. The summed E-state index contributed by atoms with van der Waals surface area (Å²) in [6, 6.07) is 19.3. The lowest BCUT2D eigenvalue weighted by molar-refractivity contribution is -0.113. The fourth-order valence-electron chi connectivity index (χ4n) is 3.66. The zero-order valence-electron chi connectivity index (χ0n) is 16.9. The predicted octanol–water partition coefficient (Wildman–Crippen LogP) is 4.90. The van der Waals surface area contributed by atoms with Crippen molar-refractivity contribution in [3.63, 3.8) is 0 Å². The lowest BCUT2D eigenvalue weighted by Crippen LogP contribution is -2.24. The van der Waals surface area contributed by atoms with Crippen molar-refractivity contribution < 1.29 is 9.18 Å². The number of aromatic nitrogens is 2. The van der Waals surface area contributed by atoms with Gasteiger partial charge in [0.1, 0.15) is 5.82 Å². The molecule has 4 aromatic rings. The van der Waals surface area contributed by atoms with Gasteiger partial charge in [-0.25, -0.2) is 9.37 Å². The highest BCUT2D eigenvalue weighted by atomic mass is 32.2. The highest BCUT2D eigenvalue weighted by Crippen LogP contribution is 2.30. The van der Waals surface area contributed by atoms with Gasteiger partial charge < -0.3 is 5.32 Å². The summed E-state index contributed by atoms with van der Waals surface area (Å²) in [6.45, 7) is 0. The quantitative estimate of drug-likeness (QED) is 0.337. The maximum absolute atomic E-state index is 13.4. The fourth-order valence-corrected chi connectivity index (χ4v) is 5.51. The van der Waals surface area contributed by atoms with Crippen LogP contribution >= 0.6 is 23.5 Å². The number of carbonyl (C=O) groups excluding carboxylic acids is 1. The van der Waals surface area contributed by atoms with Gasteiger partial charge in [0, 0.05) is 23.2 Å². The van der Waals surface area contributed by atoms with E-state index in [1.54, 1.807) is 12.1 Å². The number of nitrogens with one attached hydrogen (secondary N) is 1. The molecule has 1 aliphatic heterocycles. The standard InChI is InChI=1S/C24H18FN3O2S2/c25-16-8-10-17(11-9-16)28-23(30)22-20(12-13-31-22)27-24(28)32-14-21(29)26-19-7-3-5-15-4-1-2-6-18(15)19/h1-11H,12-14H2,(H,26,29). The van der Waals surface area contributed by atoms with Gasteiger partial charge in [-0.1, -0.05) is 48.2 Å². The average molecular weight is 464 g/mol. The van der Waals surface area contributed by atoms with Gasteiger partial charge in [0.25, 0.3) is 5.56 Å². The number of thioether (sulfide) groups is 2. The zero-order valence-corrected chi connectivity index (χ0v) is 18.5. The van der Waals surface area contributed by atoms with E-state index in [0.29, 0.717) is 15.7 Å². The van der Waals surface area contributed by atoms with Crippen LogP contribution in [0.4, 0.5) is 10.1 Å². The number of rotatable bonds is 5. The number of halogens is 1. The molecule has 0 bridgehead atoms. The number of aryl methyl sites for hydroxylation is 1. The summed E-state index contributed by atoms with van der Waals surface area (Å²) in [7, 11) is 0. The summed E-state index contributed by atoms with van der Waals surface area (Å²) in [5.41, 5.74) is 1.84. The minimum Gasteiger partial charge on any atom is -0.325 e. The van der Waals surface area contributed by atoms with Gasteiger partial charge in [-0.3, -0.25) is 14.2 Å². The number of fused-ring (bicyclic) bond motifs is 2. The Labute approximate surface area is 192 Å². The van der Waals surface area contributed by atoms with E-state index < -0.39 is 0 Å². The summed E-state index contributed by atoms with van der Waals surface area (Å²) in [5, 5.41) is 5.39. The van der Waals surface area contributed by atoms with Gasteiger partial charge in [-0.15, -0.1) is 11.8 Å². The van der Waals surface area contributed by atoms with Crippen LogP contribution in [-0.4, -0.2) is 27.0 Å². The number of hydrogen-bond donors (Lipinski definition) is 1. The van der Waals surface area contributed by atoms with E-state index in [0.717, 1.165) is 34.3 Å². The summed E-state index contributed by atoms with van der Waals surface area (Å²) >= 11 is 2.68. The minimum atomic E-state index is -0.381. The van der Waals surface area contributed by atoms with Crippen molar-refractivity contribution in [2.24, 2.45) is 0 Å². The maximum Gasteiger partial charge on any atom is 0.272 e. The average Bonchev–Trinajstić information content (AvgIpc) is 3.28. The third-order valence-electron chi connectivity index (χ3n) is 5.15. The summed E-state index contributed by atoms with van der Waals surface area (Å²) < 4.78 is 14.9. The Morgan fingerprint density at radius 1 is 1.09 bits per heavy atom. The summed E-state index contributed by atoms with van der Waals surface area (Å²) in [6.07, 6.45) is 0.718. The largest absolute Gasteiger partial charge is 0.325 e. The molecule has 3 aromatic carbocycles. The van der Waals surface area contributed by atoms with Crippen LogP contribution in [0.15, 0.2) is 81.6 Å². The number of amides is 1. The molecule has 2 heterocycles. The molecular formula is C24H18FN3O2S2. The van der Waals surface area contributed by atoms with E-state index in [2.05, 4.69) is 10.3 Å². The Morgan fingerprint density at radius 2 is 1.88 bits per heavy atom. The van der Waals surface area contributed by atoms with Crippen molar-refractivity contribution in [1.82, 2.24) is 9.55 Å². The van der Waals surface area contributed by atoms with Crippen LogP contribution in [0.1, 0.15) is 5.69 Å². The third kappa shape index (κ3) is 4.03. The fraction of sp³-hybridized carbons (Fsp3) is 0.125. The molecule has 8 heteroatoms. The van der Waals surface area contributed by atoms with Crippen LogP contribution in [0.5, 0.6) is 0 Å². The first kappa shape index (κ1) is 20.8. The summed E-state index contributed by atoms with van der Waals surface area (Å²) in [5.74, 6) is 0.314. The minimum absolute atomic E-state index is 0.0861. The molecule has 0 saturated heterocycles. The highest BCUT2D eigenvalue weighted by molar-refractivity contribution is 8.00. The van der Waals surface area contributed by atoms with E-state index >= 15 is 0 Å². The monoisotopic (exact) mass is 463 g/mol. The van der Waals surface area contributed by atoms with Gasteiger partial charge in [0.05, 0.1) is 22.0 Å². The van der Waals surface area contributed by atoms with E-state index in [1.165, 1.54) is 40.2 Å². The number of carbonyl (C=O) groups is 1. The Kier molecular flexibility index (Phi) is 5.71. The molecule has 0 aliphatic carbocycles. The van der Waals surface area contributed by atoms with Crippen LogP contribution in [0.2, 0.25) is 0 Å². The highest BCUT2D eigenvalue weighted by Gasteiger charge is 2.23. The molecule has 1 amide bonds. The first-order valence-electron chi connectivity index (χ1n) is 10.1. The van der Waals surface area contributed by atoms with E-state index in [1.807, 2.05) is 42.5 Å². The van der Waals surface area contributed by atoms with Crippen molar-refractivity contribution in [3.8, 4) is 5.69 Å². The van der Waals surface area contributed by atoms with Crippen molar-refractivity contribution in [3.05, 3.63) is 88.6 Å². The van der Waals surface area contributed by atoms with E-state index in [-0.39, 0.29) is 23.0 Å². The molecule has 0 fully saturated rings. The zero-order chi connectivity index (χ0) is 22.1. The van der Waals surface area contributed by atoms with Crippen LogP contribution in [0, 0.1) is 5.82 Å². The molecule has 0 unspecified atom stereocenters. The predicted molar refractivity (Wildman–Crippen MR) is 128 cm³/mol. The molecular weight excluding hydrogens is 445 g/mol. The molecule has 32 heavy (non-hydrogen) atoms. The SMILES string of the molecule is O=C(CSc1nc2c(c(=O)n1-c1ccc(F)cc1)SCC2)Nc1cccc2ccccc12. The van der Waals surface area contributed by atoms with Crippen molar-refractivity contribution in [2.45, 2.75) is 16.5 Å². The Balaban J connectivity index is 1.42. The first-order valence-corrected chi connectivity index (χ1v) is 12.0. The lowest BCUT2D eigenvalue weighted by Gasteiger charge is -2.14. The normalized spacial score (nSPS) is 12.7. The van der Waals surface area contributed by atoms with Crippen LogP contribution < -0.4 is 10.9 Å². The number of hydrogen-bond acceptors (Lipinski definition) is 5. The van der Waals surface area contributed by atoms with Gasteiger partial charge >= 0.3 is 0 Å². The second-order valence-corrected chi connectivity index (χ2v) is 9.30. The van der Waals surface area contributed by atoms with Crippen molar-refractivity contribution >= 4 is 45.9 Å². The second-order valence-electron chi connectivity index (χ2n) is 7.25. The van der Waals surface area contributed by atoms with Crippen LogP contribution in [0.3, 0.4) is 0 Å². The number of benzene rings is 3. The summed E-state index contributed by atoms with van der Waals surface area (Å²) in [4.78, 5) is 31.2. The molecule has 0 spiro atoms. The second kappa shape index (κ2) is 8.80. The molecule has 5 nitrogen and oxygen atoms in total. The van der Waals surface area contributed by atoms with Crippen LogP contribution in [-0.2, 0) is 11.2 Å². The Bertz CT molecular complexity index is 1380. The number of nitrogens with zero attached hydrogens (tertiary/aromatic N) is 2. The first-order chi connectivity index (χ1) is 15.6. The van der Waals surface area contributed by atoms with Gasteiger partial charge in [0.2, 0.25) is 5.91 Å². The molecule has 0 atom stereocenters. The molecule has 160 valence electrons. The molecule has 1 aromatic heterocycles.